The van der Waals surface area contributed by atoms with E-state index in [1.54, 1.807) is 4.90 Å². The first-order chi connectivity index (χ1) is 8.68. The van der Waals surface area contributed by atoms with Gasteiger partial charge in [-0.1, -0.05) is 6.92 Å². The fourth-order valence-electron chi connectivity index (χ4n) is 2.94. The summed E-state index contributed by atoms with van der Waals surface area (Å²) in [5.41, 5.74) is -0.397. The van der Waals surface area contributed by atoms with Gasteiger partial charge in [-0.05, 0) is 46.0 Å². The Morgan fingerprint density at radius 1 is 1.47 bits per heavy atom. The Morgan fingerprint density at radius 3 is 2.63 bits per heavy atom. The van der Waals surface area contributed by atoms with Gasteiger partial charge >= 0.3 is 6.09 Å². The molecule has 1 saturated heterocycles. The highest BCUT2D eigenvalue weighted by Crippen LogP contribution is 2.59. The monoisotopic (exact) mass is 271 g/mol. The first-order valence-electron chi connectivity index (χ1n) is 6.99. The number of carbonyl (C=O) groups excluding carboxylic acids is 1. The van der Waals surface area contributed by atoms with Crippen molar-refractivity contribution in [2.75, 3.05) is 6.61 Å². The van der Waals surface area contributed by atoms with E-state index >= 15 is 0 Å². The van der Waals surface area contributed by atoms with Crippen LogP contribution in [0.4, 0.5) is 4.79 Å². The third-order valence-electron chi connectivity index (χ3n) is 3.94. The van der Waals surface area contributed by atoms with Gasteiger partial charge in [0.2, 0.25) is 0 Å². The molecule has 5 nitrogen and oxygen atoms in total. The van der Waals surface area contributed by atoms with Gasteiger partial charge in [-0.2, -0.15) is 0 Å². The third kappa shape index (κ3) is 2.87. The molecule has 1 amide bonds. The van der Waals surface area contributed by atoms with Crippen LogP contribution in [0.15, 0.2) is 0 Å². The number of ether oxygens (including phenoxy) is 2. The van der Waals surface area contributed by atoms with Gasteiger partial charge in [0.1, 0.15) is 5.60 Å². The van der Waals surface area contributed by atoms with Crippen molar-refractivity contribution in [1.29, 1.82) is 0 Å². The number of fused-ring (bicyclic) bond motifs is 1. The van der Waals surface area contributed by atoms with E-state index in [1.165, 1.54) is 0 Å². The SMILES string of the molecule is CCOC(O)C1CC2(C)CC2N1C(=O)OC(C)(C)C. The Balaban J connectivity index is 2.09. The van der Waals surface area contributed by atoms with E-state index in [0.717, 1.165) is 12.8 Å². The van der Waals surface area contributed by atoms with Crippen LogP contribution in [0.2, 0.25) is 0 Å². The van der Waals surface area contributed by atoms with Crippen LogP contribution in [0.25, 0.3) is 0 Å². The highest BCUT2D eigenvalue weighted by Gasteiger charge is 2.65. The molecule has 4 atom stereocenters. The van der Waals surface area contributed by atoms with Gasteiger partial charge in [-0.15, -0.1) is 0 Å². The van der Waals surface area contributed by atoms with Crippen LogP contribution in [0, 0.1) is 5.41 Å². The standard InChI is InChI=1S/C14H25NO4/c1-6-18-11(16)9-7-14(5)8-10(14)15(9)12(17)19-13(2,3)4/h9-11,16H,6-8H2,1-5H3. The van der Waals surface area contributed by atoms with Crippen molar-refractivity contribution in [3.63, 3.8) is 0 Å². The zero-order chi connectivity index (χ0) is 14.4. The highest BCUT2D eigenvalue weighted by atomic mass is 16.6. The summed E-state index contributed by atoms with van der Waals surface area (Å²) in [6, 6.07) is -0.110. The summed E-state index contributed by atoms with van der Waals surface area (Å²) in [5.74, 6) is 0. The molecule has 1 saturated carbocycles. The Bertz CT molecular complexity index is 365. The molecule has 0 radical (unpaired) electrons. The van der Waals surface area contributed by atoms with Crippen molar-refractivity contribution in [3.8, 4) is 0 Å². The number of nitrogens with zero attached hydrogens (tertiary/aromatic N) is 1. The minimum atomic E-state index is -0.929. The smallest absolute Gasteiger partial charge is 0.410 e. The van der Waals surface area contributed by atoms with Gasteiger partial charge in [0, 0.05) is 12.6 Å². The van der Waals surface area contributed by atoms with Crippen LogP contribution < -0.4 is 0 Å². The lowest BCUT2D eigenvalue weighted by molar-refractivity contribution is -0.136. The lowest BCUT2D eigenvalue weighted by Gasteiger charge is -2.32. The molecule has 0 aromatic carbocycles. The predicted octanol–water partition coefficient (Wildman–Crippen LogP) is 2.13. The first-order valence-corrected chi connectivity index (χ1v) is 6.99. The highest BCUT2D eigenvalue weighted by molar-refractivity contribution is 5.70. The number of likely N-dealkylation sites (tertiary alicyclic amines) is 1. The number of hydrogen-bond donors (Lipinski definition) is 1. The van der Waals surface area contributed by atoms with E-state index in [2.05, 4.69) is 6.92 Å². The molecule has 1 aliphatic carbocycles. The largest absolute Gasteiger partial charge is 0.444 e. The van der Waals surface area contributed by atoms with Crippen LogP contribution in [0.3, 0.4) is 0 Å². The van der Waals surface area contributed by atoms with Gasteiger partial charge in [0.15, 0.2) is 6.29 Å². The van der Waals surface area contributed by atoms with Crippen molar-refractivity contribution in [2.24, 2.45) is 5.41 Å². The molecule has 0 spiro atoms. The van der Waals surface area contributed by atoms with Crippen molar-refractivity contribution in [1.82, 2.24) is 4.90 Å². The van der Waals surface area contributed by atoms with Crippen LogP contribution in [-0.2, 0) is 9.47 Å². The summed E-state index contributed by atoms with van der Waals surface area (Å²) in [7, 11) is 0. The molecule has 1 heterocycles. The lowest BCUT2D eigenvalue weighted by atomic mass is 10.0. The Labute approximate surface area is 114 Å². The molecule has 2 aliphatic rings. The van der Waals surface area contributed by atoms with Crippen molar-refractivity contribution < 1.29 is 19.4 Å². The van der Waals surface area contributed by atoms with E-state index in [1.807, 2.05) is 27.7 Å². The summed E-state index contributed by atoms with van der Waals surface area (Å²) >= 11 is 0. The normalized spacial score (nSPS) is 34.9. The second-order valence-corrected chi connectivity index (χ2v) is 6.88. The maximum Gasteiger partial charge on any atom is 0.410 e. The zero-order valence-corrected chi connectivity index (χ0v) is 12.5. The molecule has 0 aromatic heterocycles. The molecule has 2 rings (SSSR count). The number of carbonyl (C=O) groups is 1. The number of rotatable bonds is 3. The van der Waals surface area contributed by atoms with Gasteiger partial charge < -0.3 is 14.6 Å². The summed E-state index contributed by atoms with van der Waals surface area (Å²) in [6.45, 7) is 9.95. The molecular formula is C14H25NO4. The molecule has 2 fully saturated rings. The molecular weight excluding hydrogens is 246 g/mol. The Kier molecular flexibility index (Phi) is 3.56. The quantitative estimate of drug-likeness (QED) is 0.799. The van der Waals surface area contributed by atoms with Gasteiger partial charge in [-0.3, -0.25) is 4.90 Å². The lowest BCUT2D eigenvalue weighted by Crippen LogP contribution is -2.48. The van der Waals surface area contributed by atoms with Crippen molar-refractivity contribution in [3.05, 3.63) is 0 Å². The van der Waals surface area contributed by atoms with Crippen molar-refractivity contribution in [2.45, 2.75) is 71.4 Å². The molecule has 1 aliphatic heterocycles. The zero-order valence-electron chi connectivity index (χ0n) is 12.5. The fourth-order valence-corrected chi connectivity index (χ4v) is 2.94. The summed E-state index contributed by atoms with van der Waals surface area (Å²) in [6.07, 6.45) is 0.490. The summed E-state index contributed by atoms with van der Waals surface area (Å²) in [4.78, 5) is 14.0. The maximum atomic E-state index is 12.3. The van der Waals surface area contributed by atoms with E-state index in [9.17, 15) is 9.90 Å². The molecule has 0 bridgehead atoms. The predicted molar refractivity (Wildman–Crippen MR) is 70.6 cm³/mol. The van der Waals surface area contributed by atoms with Gasteiger partial charge in [0.05, 0.1) is 6.04 Å². The van der Waals surface area contributed by atoms with Gasteiger partial charge in [-0.25, -0.2) is 4.79 Å². The molecule has 110 valence electrons. The molecule has 1 N–H and O–H groups in total. The number of aliphatic hydroxyl groups is 1. The molecule has 4 unspecified atom stereocenters. The van der Waals surface area contributed by atoms with Gasteiger partial charge in [0.25, 0.3) is 0 Å². The number of hydrogen-bond acceptors (Lipinski definition) is 4. The van der Waals surface area contributed by atoms with Crippen LogP contribution in [0.1, 0.15) is 47.5 Å². The van der Waals surface area contributed by atoms with Crippen LogP contribution in [0.5, 0.6) is 0 Å². The third-order valence-corrected chi connectivity index (χ3v) is 3.94. The van der Waals surface area contributed by atoms with E-state index in [-0.39, 0.29) is 23.6 Å². The number of piperidine rings is 1. The summed E-state index contributed by atoms with van der Waals surface area (Å²) < 4.78 is 10.7. The topological polar surface area (TPSA) is 59.0 Å². The molecule has 0 aromatic rings. The minimum Gasteiger partial charge on any atom is -0.444 e. The van der Waals surface area contributed by atoms with E-state index in [0.29, 0.717) is 6.61 Å². The molecule has 19 heavy (non-hydrogen) atoms. The number of aliphatic hydroxyl groups excluding tert-OH is 1. The summed E-state index contributed by atoms with van der Waals surface area (Å²) in [5, 5.41) is 10.0. The first kappa shape index (κ1) is 14.6. The van der Waals surface area contributed by atoms with Crippen molar-refractivity contribution >= 4 is 6.09 Å². The second-order valence-electron chi connectivity index (χ2n) is 6.88. The minimum absolute atomic E-state index is 0.125. The maximum absolute atomic E-state index is 12.3. The molecule has 5 heteroatoms. The Hall–Kier alpha value is -0.810. The average Bonchev–Trinajstić information content (AvgIpc) is 2.78. The van der Waals surface area contributed by atoms with Crippen LogP contribution in [-0.4, -0.2) is 46.7 Å². The second kappa shape index (κ2) is 4.63. The Morgan fingerprint density at radius 2 is 2.11 bits per heavy atom. The fraction of sp³-hybridized carbons (Fsp3) is 0.929. The van der Waals surface area contributed by atoms with E-state index in [4.69, 9.17) is 9.47 Å². The average molecular weight is 271 g/mol. The van der Waals surface area contributed by atoms with Crippen LogP contribution >= 0.6 is 0 Å². The van der Waals surface area contributed by atoms with E-state index < -0.39 is 11.9 Å². The number of amides is 1.